The molecule has 0 atom stereocenters. The van der Waals surface area contributed by atoms with Crippen molar-refractivity contribution >= 4 is 41.7 Å². The van der Waals surface area contributed by atoms with Crippen molar-refractivity contribution in [1.29, 1.82) is 0 Å². The molecule has 0 amide bonds. The summed E-state index contributed by atoms with van der Waals surface area (Å²) in [7, 11) is -3.91. The monoisotopic (exact) mass is 744 g/mol. The lowest BCUT2D eigenvalue weighted by molar-refractivity contribution is 0.581. The van der Waals surface area contributed by atoms with Crippen LogP contribution in [0.25, 0.3) is 44.5 Å². The van der Waals surface area contributed by atoms with Gasteiger partial charge in [0.1, 0.15) is 11.6 Å². The number of benzene rings is 4. The molecule has 2 heterocycles. The highest BCUT2D eigenvalue weighted by molar-refractivity contribution is 9.10. The number of sulfone groups is 1. The normalized spacial score (nSPS) is 11.5. The van der Waals surface area contributed by atoms with E-state index in [1.165, 1.54) is 24.3 Å². The standard InChI is InChI=1S/C36H24Br2F2N2O2S/c37-29-9-5-23(6-10-29)31-13-15-41-19-33(31)25-1-3-27(35(39)17-25)21-45(43,44)22-28-4-2-26(18-36(28)40)34-20-42-16-14-32(34)24-7-11-30(38)12-8-24/h1-20H,21-22H2. The van der Waals surface area contributed by atoms with Crippen LogP contribution in [0, 0.1) is 11.6 Å². The second kappa shape index (κ2) is 13.1. The average Bonchev–Trinajstić information content (AvgIpc) is 3.04. The van der Waals surface area contributed by atoms with Gasteiger partial charge in [0.2, 0.25) is 0 Å². The molecule has 0 saturated carbocycles. The average molecular weight is 746 g/mol. The van der Waals surface area contributed by atoms with Gasteiger partial charge in [-0.1, -0.05) is 80.4 Å². The summed E-state index contributed by atoms with van der Waals surface area (Å²) in [6.45, 7) is 0. The van der Waals surface area contributed by atoms with Gasteiger partial charge in [-0.05, 0) is 81.9 Å². The fourth-order valence-corrected chi connectivity index (χ4v) is 7.25. The Bertz CT molecular complexity index is 1980. The molecule has 6 rings (SSSR count). The van der Waals surface area contributed by atoms with Crippen LogP contribution in [-0.2, 0) is 21.3 Å². The summed E-state index contributed by atoms with van der Waals surface area (Å²) in [5, 5.41) is 0. The van der Waals surface area contributed by atoms with Crippen molar-refractivity contribution in [3.05, 3.63) is 154 Å². The molecule has 0 aliphatic carbocycles. The van der Waals surface area contributed by atoms with E-state index in [4.69, 9.17) is 0 Å². The van der Waals surface area contributed by atoms with Gasteiger partial charge in [0.25, 0.3) is 0 Å². The molecule has 4 aromatic carbocycles. The quantitative estimate of drug-likeness (QED) is 0.156. The van der Waals surface area contributed by atoms with Crippen molar-refractivity contribution < 1.29 is 17.2 Å². The van der Waals surface area contributed by atoms with Crippen LogP contribution in [0.15, 0.2) is 131 Å². The number of hydrogen-bond donors (Lipinski definition) is 0. The summed E-state index contributed by atoms with van der Waals surface area (Å²) in [4.78, 5) is 8.42. The van der Waals surface area contributed by atoms with E-state index in [1.807, 2.05) is 60.7 Å². The predicted molar refractivity (Wildman–Crippen MR) is 182 cm³/mol. The van der Waals surface area contributed by atoms with Crippen LogP contribution in [-0.4, -0.2) is 18.4 Å². The Morgan fingerprint density at radius 2 is 0.889 bits per heavy atom. The maximum Gasteiger partial charge on any atom is 0.158 e. The third kappa shape index (κ3) is 7.11. The first-order chi connectivity index (χ1) is 21.7. The van der Waals surface area contributed by atoms with Crippen LogP contribution in [0.5, 0.6) is 0 Å². The minimum atomic E-state index is -3.91. The summed E-state index contributed by atoms with van der Waals surface area (Å²) in [5.74, 6) is -2.45. The first-order valence-corrected chi connectivity index (χ1v) is 17.3. The van der Waals surface area contributed by atoms with Crippen LogP contribution in [0.1, 0.15) is 11.1 Å². The number of hydrogen-bond acceptors (Lipinski definition) is 4. The van der Waals surface area contributed by atoms with Gasteiger partial charge < -0.3 is 0 Å². The number of aromatic nitrogens is 2. The SMILES string of the molecule is O=S(=O)(Cc1ccc(-c2cnccc2-c2ccc(Br)cc2)cc1F)Cc1ccc(-c2cnccc2-c2ccc(Br)cc2)cc1F. The third-order valence-corrected chi connectivity index (χ3v) is 9.99. The van der Waals surface area contributed by atoms with Crippen molar-refractivity contribution in [1.82, 2.24) is 9.97 Å². The van der Waals surface area contributed by atoms with E-state index >= 15 is 8.78 Å². The third-order valence-electron chi connectivity index (χ3n) is 7.43. The van der Waals surface area contributed by atoms with Gasteiger partial charge >= 0.3 is 0 Å². The Labute approximate surface area is 277 Å². The lowest BCUT2D eigenvalue weighted by Crippen LogP contribution is -2.10. The zero-order valence-corrected chi connectivity index (χ0v) is 27.6. The minimum Gasteiger partial charge on any atom is -0.264 e. The van der Waals surface area contributed by atoms with Crippen LogP contribution in [0.3, 0.4) is 0 Å². The van der Waals surface area contributed by atoms with Gasteiger partial charge in [-0.25, -0.2) is 17.2 Å². The first-order valence-electron chi connectivity index (χ1n) is 13.8. The highest BCUT2D eigenvalue weighted by atomic mass is 79.9. The molecule has 224 valence electrons. The van der Waals surface area contributed by atoms with Crippen LogP contribution in [0.4, 0.5) is 8.78 Å². The van der Waals surface area contributed by atoms with Crippen molar-refractivity contribution in [2.24, 2.45) is 0 Å². The van der Waals surface area contributed by atoms with Gasteiger partial charge in [0.15, 0.2) is 9.84 Å². The molecule has 0 bridgehead atoms. The number of pyridine rings is 2. The van der Waals surface area contributed by atoms with E-state index in [0.717, 1.165) is 31.2 Å². The zero-order valence-electron chi connectivity index (χ0n) is 23.6. The van der Waals surface area contributed by atoms with Crippen molar-refractivity contribution in [3.8, 4) is 44.5 Å². The van der Waals surface area contributed by atoms with E-state index in [9.17, 15) is 8.42 Å². The van der Waals surface area contributed by atoms with Crippen molar-refractivity contribution in [3.63, 3.8) is 0 Å². The van der Waals surface area contributed by atoms with Crippen LogP contribution in [0.2, 0.25) is 0 Å². The maximum absolute atomic E-state index is 15.3. The Kier molecular flexibility index (Phi) is 9.03. The summed E-state index contributed by atoms with van der Waals surface area (Å²) < 4.78 is 58.9. The lowest BCUT2D eigenvalue weighted by atomic mass is 9.96. The molecule has 6 aromatic rings. The summed E-state index contributed by atoms with van der Waals surface area (Å²) in [6, 6.07) is 28.1. The summed E-state index contributed by atoms with van der Waals surface area (Å²) in [5.41, 5.74) is 6.20. The van der Waals surface area contributed by atoms with Gasteiger partial charge in [-0.2, -0.15) is 0 Å². The molecule has 0 unspecified atom stereocenters. The van der Waals surface area contributed by atoms with Gasteiger partial charge in [0, 0.05) is 56.0 Å². The Morgan fingerprint density at radius 3 is 1.27 bits per heavy atom. The van der Waals surface area contributed by atoms with Gasteiger partial charge in [0.05, 0.1) is 11.5 Å². The van der Waals surface area contributed by atoms with Crippen molar-refractivity contribution in [2.75, 3.05) is 0 Å². The highest BCUT2D eigenvalue weighted by Crippen LogP contribution is 2.35. The molecule has 9 heteroatoms. The fourth-order valence-electron chi connectivity index (χ4n) is 5.20. The zero-order chi connectivity index (χ0) is 31.6. The van der Waals surface area contributed by atoms with Crippen LogP contribution < -0.4 is 0 Å². The molecule has 0 radical (unpaired) electrons. The molecule has 0 fully saturated rings. The summed E-state index contributed by atoms with van der Waals surface area (Å²) in [6.07, 6.45) is 6.65. The topological polar surface area (TPSA) is 59.9 Å². The minimum absolute atomic E-state index is 0.0133. The molecular formula is C36H24Br2F2N2O2S. The maximum atomic E-state index is 15.3. The van der Waals surface area contributed by atoms with E-state index in [-0.39, 0.29) is 11.1 Å². The second-order valence-corrected chi connectivity index (χ2v) is 14.4. The second-order valence-electron chi connectivity index (χ2n) is 10.5. The molecule has 4 nitrogen and oxygen atoms in total. The lowest BCUT2D eigenvalue weighted by Gasteiger charge is -2.13. The Morgan fingerprint density at radius 1 is 0.511 bits per heavy atom. The van der Waals surface area contributed by atoms with Gasteiger partial charge in [-0.3, -0.25) is 9.97 Å². The van der Waals surface area contributed by atoms with E-state index in [2.05, 4.69) is 41.8 Å². The van der Waals surface area contributed by atoms with E-state index in [1.54, 1.807) is 36.9 Å². The fraction of sp³-hybridized carbons (Fsp3) is 0.0556. The van der Waals surface area contributed by atoms with Gasteiger partial charge in [-0.15, -0.1) is 0 Å². The molecule has 0 saturated heterocycles. The number of rotatable bonds is 8. The summed E-state index contributed by atoms with van der Waals surface area (Å²) >= 11 is 6.87. The molecule has 0 aliphatic rings. The molecular weight excluding hydrogens is 722 g/mol. The number of nitrogens with zero attached hydrogens (tertiary/aromatic N) is 2. The highest BCUT2D eigenvalue weighted by Gasteiger charge is 2.20. The van der Waals surface area contributed by atoms with Crippen molar-refractivity contribution in [2.45, 2.75) is 11.5 Å². The molecule has 2 aromatic heterocycles. The Balaban J connectivity index is 1.22. The smallest absolute Gasteiger partial charge is 0.158 e. The molecule has 0 N–H and O–H groups in total. The van der Waals surface area contributed by atoms with Crippen LogP contribution >= 0.6 is 31.9 Å². The predicted octanol–water partition coefficient (Wildman–Crippen LogP) is 10.1. The largest absolute Gasteiger partial charge is 0.264 e. The molecule has 0 aliphatic heterocycles. The Hall–Kier alpha value is -4.05. The first kappa shape index (κ1) is 31.0. The van der Waals surface area contributed by atoms with E-state index < -0.39 is 33.0 Å². The van der Waals surface area contributed by atoms with E-state index in [0.29, 0.717) is 22.3 Å². The molecule has 0 spiro atoms. The molecule has 45 heavy (non-hydrogen) atoms. The number of halogens is 4.